The number of carbonyl (C=O) groups is 3. The average molecular weight is 458 g/mol. The summed E-state index contributed by atoms with van der Waals surface area (Å²) in [7, 11) is 1.39. The van der Waals surface area contributed by atoms with E-state index in [-0.39, 0.29) is 28.7 Å². The lowest BCUT2D eigenvalue weighted by Crippen LogP contribution is -2.29. The van der Waals surface area contributed by atoms with Crippen LogP contribution in [0.4, 0.5) is 11.4 Å². The SMILES string of the molecule is COc1cc([C@@H]2C(=C(O)c3ccccc3)C(=O)C(=O)N2c2ccc(NC(C)=O)cc2)ccc1O. The molecule has 3 N–H and O–H groups in total. The Kier molecular flexibility index (Phi) is 6.05. The van der Waals surface area contributed by atoms with E-state index in [0.717, 1.165) is 0 Å². The summed E-state index contributed by atoms with van der Waals surface area (Å²) in [6.45, 7) is 1.38. The van der Waals surface area contributed by atoms with E-state index in [1.807, 2.05) is 0 Å². The molecule has 3 aromatic rings. The van der Waals surface area contributed by atoms with Crippen LogP contribution >= 0.6 is 0 Å². The number of aliphatic hydroxyl groups is 1. The molecule has 0 radical (unpaired) electrons. The zero-order valence-electron chi connectivity index (χ0n) is 18.5. The number of anilines is 2. The molecule has 3 aromatic carbocycles. The van der Waals surface area contributed by atoms with Crippen molar-refractivity contribution in [2.45, 2.75) is 13.0 Å². The van der Waals surface area contributed by atoms with Gasteiger partial charge in [0.15, 0.2) is 11.5 Å². The van der Waals surface area contributed by atoms with Crippen LogP contribution < -0.4 is 15.0 Å². The number of hydrogen-bond donors (Lipinski definition) is 3. The topological polar surface area (TPSA) is 116 Å². The highest BCUT2D eigenvalue weighted by Gasteiger charge is 2.47. The summed E-state index contributed by atoms with van der Waals surface area (Å²) in [5, 5.41) is 23.8. The van der Waals surface area contributed by atoms with Crippen LogP contribution in [0, 0.1) is 0 Å². The Labute approximate surface area is 195 Å². The number of nitrogens with one attached hydrogen (secondary N) is 1. The van der Waals surface area contributed by atoms with Crippen LogP contribution in [0.25, 0.3) is 5.76 Å². The summed E-state index contributed by atoms with van der Waals surface area (Å²) in [5.41, 5.74) is 1.67. The van der Waals surface area contributed by atoms with Crippen LogP contribution in [-0.2, 0) is 14.4 Å². The lowest BCUT2D eigenvalue weighted by Gasteiger charge is -2.26. The molecule has 1 fully saturated rings. The van der Waals surface area contributed by atoms with Gasteiger partial charge in [-0.3, -0.25) is 19.3 Å². The maximum absolute atomic E-state index is 13.2. The molecule has 8 nitrogen and oxygen atoms in total. The maximum Gasteiger partial charge on any atom is 0.300 e. The molecule has 1 aliphatic heterocycles. The van der Waals surface area contributed by atoms with Crippen molar-refractivity contribution in [2.24, 2.45) is 0 Å². The Morgan fingerprint density at radius 1 is 1.00 bits per heavy atom. The fraction of sp³-hybridized carbons (Fsp3) is 0.115. The second-order valence-electron chi connectivity index (χ2n) is 7.69. The van der Waals surface area contributed by atoms with Gasteiger partial charge in [0, 0.05) is 23.9 Å². The summed E-state index contributed by atoms with van der Waals surface area (Å²) in [6.07, 6.45) is 0. The van der Waals surface area contributed by atoms with Crippen LogP contribution in [0.3, 0.4) is 0 Å². The number of phenols is 1. The Morgan fingerprint density at radius 2 is 1.68 bits per heavy atom. The van der Waals surface area contributed by atoms with Gasteiger partial charge in [-0.25, -0.2) is 0 Å². The van der Waals surface area contributed by atoms with Crippen molar-refractivity contribution < 1.29 is 29.3 Å². The van der Waals surface area contributed by atoms with E-state index < -0.39 is 17.7 Å². The molecule has 0 spiro atoms. The third-order valence-electron chi connectivity index (χ3n) is 5.48. The molecule has 1 atom stereocenters. The van der Waals surface area contributed by atoms with Crippen molar-refractivity contribution in [1.82, 2.24) is 0 Å². The fourth-order valence-corrected chi connectivity index (χ4v) is 3.94. The van der Waals surface area contributed by atoms with E-state index in [9.17, 15) is 24.6 Å². The predicted molar refractivity (Wildman–Crippen MR) is 127 cm³/mol. The molecule has 0 bridgehead atoms. The molecule has 0 saturated carbocycles. The Morgan fingerprint density at radius 3 is 2.29 bits per heavy atom. The first-order valence-corrected chi connectivity index (χ1v) is 10.4. The average Bonchev–Trinajstić information content (AvgIpc) is 3.10. The number of methoxy groups -OCH3 is 1. The lowest BCUT2D eigenvalue weighted by atomic mass is 9.94. The van der Waals surface area contributed by atoms with E-state index in [1.165, 1.54) is 31.1 Å². The zero-order chi connectivity index (χ0) is 24.4. The van der Waals surface area contributed by atoms with E-state index in [0.29, 0.717) is 22.5 Å². The summed E-state index contributed by atoms with van der Waals surface area (Å²) < 4.78 is 5.22. The van der Waals surface area contributed by atoms with Crippen molar-refractivity contribution in [3.63, 3.8) is 0 Å². The number of phenolic OH excluding ortho intramolecular Hbond substituents is 1. The molecule has 0 aromatic heterocycles. The van der Waals surface area contributed by atoms with Crippen LogP contribution in [-0.4, -0.2) is 34.9 Å². The van der Waals surface area contributed by atoms with Gasteiger partial charge in [0.05, 0.1) is 18.7 Å². The summed E-state index contributed by atoms with van der Waals surface area (Å²) in [4.78, 5) is 39.0. The number of ketones is 1. The summed E-state index contributed by atoms with van der Waals surface area (Å²) >= 11 is 0. The standard InChI is InChI=1S/C26H22N2O6/c1-15(29)27-18-9-11-19(12-10-18)28-23(17-8-13-20(30)21(14-17)34-2)22(25(32)26(28)33)24(31)16-6-4-3-5-7-16/h3-14,23,30-31H,1-2H3,(H,27,29)/t23-/m1/s1. The molecule has 0 unspecified atom stereocenters. The monoisotopic (exact) mass is 458 g/mol. The number of benzene rings is 3. The van der Waals surface area contributed by atoms with E-state index >= 15 is 0 Å². The molecular formula is C26H22N2O6. The number of nitrogens with zero attached hydrogens (tertiary/aromatic N) is 1. The minimum Gasteiger partial charge on any atom is -0.507 e. The van der Waals surface area contributed by atoms with Gasteiger partial charge < -0.3 is 20.3 Å². The maximum atomic E-state index is 13.2. The molecule has 8 heteroatoms. The van der Waals surface area contributed by atoms with Crippen molar-refractivity contribution in [3.05, 3.63) is 89.5 Å². The largest absolute Gasteiger partial charge is 0.507 e. The molecule has 1 heterocycles. The molecule has 172 valence electrons. The smallest absolute Gasteiger partial charge is 0.300 e. The first kappa shape index (κ1) is 22.6. The Balaban J connectivity index is 1.90. The molecular weight excluding hydrogens is 436 g/mol. The highest BCUT2D eigenvalue weighted by atomic mass is 16.5. The third-order valence-corrected chi connectivity index (χ3v) is 5.48. The fourth-order valence-electron chi connectivity index (χ4n) is 3.94. The molecule has 2 amide bonds. The first-order valence-electron chi connectivity index (χ1n) is 10.4. The van der Waals surface area contributed by atoms with Gasteiger partial charge in [0.25, 0.3) is 11.7 Å². The van der Waals surface area contributed by atoms with E-state index in [2.05, 4.69) is 5.32 Å². The molecule has 4 rings (SSSR count). The number of ether oxygens (including phenoxy) is 1. The van der Waals surface area contributed by atoms with Gasteiger partial charge in [0.1, 0.15) is 5.76 Å². The second-order valence-corrected chi connectivity index (χ2v) is 7.69. The minimum absolute atomic E-state index is 0.0881. The van der Waals surface area contributed by atoms with Gasteiger partial charge in [-0.1, -0.05) is 36.4 Å². The third kappa shape index (κ3) is 4.09. The molecule has 34 heavy (non-hydrogen) atoms. The van der Waals surface area contributed by atoms with Crippen molar-refractivity contribution >= 4 is 34.7 Å². The Bertz CT molecular complexity index is 1300. The van der Waals surface area contributed by atoms with Gasteiger partial charge in [0.2, 0.25) is 5.91 Å². The number of aliphatic hydroxyl groups excluding tert-OH is 1. The van der Waals surface area contributed by atoms with Gasteiger partial charge in [-0.15, -0.1) is 0 Å². The van der Waals surface area contributed by atoms with Crippen molar-refractivity contribution in [1.29, 1.82) is 0 Å². The lowest BCUT2D eigenvalue weighted by molar-refractivity contribution is -0.132. The number of hydrogen-bond acceptors (Lipinski definition) is 6. The van der Waals surface area contributed by atoms with E-state index in [4.69, 9.17) is 4.74 Å². The highest BCUT2D eigenvalue weighted by molar-refractivity contribution is 6.51. The van der Waals surface area contributed by atoms with Crippen LogP contribution in [0.5, 0.6) is 11.5 Å². The minimum atomic E-state index is -0.985. The number of Topliss-reactive ketones (excluding diaryl/α,β-unsaturated/α-hetero) is 1. The van der Waals surface area contributed by atoms with Crippen LogP contribution in [0.15, 0.2) is 78.4 Å². The van der Waals surface area contributed by atoms with E-state index in [1.54, 1.807) is 60.7 Å². The molecule has 1 saturated heterocycles. The normalized spacial score (nSPS) is 17.0. The van der Waals surface area contributed by atoms with Crippen LogP contribution in [0.2, 0.25) is 0 Å². The zero-order valence-corrected chi connectivity index (χ0v) is 18.5. The van der Waals surface area contributed by atoms with Crippen molar-refractivity contribution in [3.8, 4) is 11.5 Å². The van der Waals surface area contributed by atoms with Gasteiger partial charge in [-0.2, -0.15) is 0 Å². The highest BCUT2D eigenvalue weighted by Crippen LogP contribution is 2.44. The summed E-state index contributed by atoms with van der Waals surface area (Å²) in [6, 6.07) is 18.4. The Hall–Kier alpha value is -4.59. The number of aromatic hydroxyl groups is 1. The quantitative estimate of drug-likeness (QED) is 0.303. The van der Waals surface area contributed by atoms with Gasteiger partial charge in [-0.05, 0) is 42.0 Å². The number of amides is 2. The second kappa shape index (κ2) is 9.11. The number of rotatable bonds is 5. The van der Waals surface area contributed by atoms with Gasteiger partial charge >= 0.3 is 0 Å². The van der Waals surface area contributed by atoms with Crippen LogP contribution in [0.1, 0.15) is 24.1 Å². The van der Waals surface area contributed by atoms with Crippen molar-refractivity contribution in [2.75, 3.05) is 17.3 Å². The molecule has 0 aliphatic carbocycles. The molecule has 1 aliphatic rings. The predicted octanol–water partition coefficient (Wildman–Crippen LogP) is 3.99. The number of carbonyl (C=O) groups excluding carboxylic acids is 3. The summed E-state index contributed by atoms with van der Waals surface area (Å²) in [5.74, 6) is -2.17. The first-order chi connectivity index (χ1) is 16.3.